The largest absolute Gasteiger partial charge is 0.469 e. The van der Waals surface area contributed by atoms with E-state index in [1.807, 2.05) is 4.98 Å². The van der Waals surface area contributed by atoms with Crippen LogP contribution in [0.1, 0.15) is 18.7 Å². The molecule has 26 heavy (non-hydrogen) atoms. The van der Waals surface area contributed by atoms with Crippen LogP contribution in [-0.2, 0) is 30.0 Å². The fraction of sp³-hybridized carbons (Fsp3) is 0.583. The summed E-state index contributed by atoms with van der Waals surface area (Å²) in [5, 5.41) is 19.4. The van der Waals surface area contributed by atoms with Crippen LogP contribution in [0.5, 0.6) is 0 Å². The highest BCUT2D eigenvalue weighted by Gasteiger charge is 2.48. The molecule has 0 aliphatic carbocycles. The Bertz CT molecular complexity index is 827. The summed E-state index contributed by atoms with van der Waals surface area (Å²) in [6.07, 6.45) is -4.86. The number of rotatable bonds is 6. The van der Waals surface area contributed by atoms with Gasteiger partial charge in [-0.25, -0.2) is 9.36 Å². The standard InChI is InChI=1S/C12H17N2O11P/c1-5(16)24-9-8(17)7(4-23-26(20,21)22)25-11(9)14-2-6(3-15)10(18)13-12(14)19/h2,7-9,11,15,17H,3-4H2,1H3,(H,13,18,19)(H2,20,21,22)/t7-,8-,9-,11-/m1/s1. The van der Waals surface area contributed by atoms with Crippen LogP contribution >= 0.6 is 7.82 Å². The minimum atomic E-state index is -4.86. The molecular formula is C12H17N2O11P. The zero-order chi connectivity index (χ0) is 19.6. The number of nitrogens with one attached hydrogen (secondary N) is 1. The van der Waals surface area contributed by atoms with Gasteiger partial charge < -0.3 is 29.5 Å². The average molecular weight is 396 g/mol. The van der Waals surface area contributed by atoms with Gasteiger partial charge in [0.25, 0.3) is 5.56 Å². The summed E-state index contributed by atoms with van der Waals surface area (Å²) in [7, 11) is -4.86. The van der Waals surface area contributed by atoms with Crippen molar-refractivity contribution >= 4 is 13.8 Å². The minimum Gasteiger partial charge on any atom is -0.455 e. The lowest BCUT2D eigenvalue weighted by Crippen LogP contribution is -2.41. The van der Waals surface area contributed by atoms with Gasteiger partial charge in [0.1, 0.15) is 12.2 Å². The van der Waals surface area contributed by atoms with Crippen molar-refractivity contribution in [3.8, 4) is 0 Å². The van der Waals surface area contributed by atoms with Crippen molar-refractivity contribution < 1.29 is 43.4 Å². The third kappa shape index (κ3) is 4.65. The molecule has 1 aliphatic heterocycles. The minimum absolute atomic E-state index is 0.195. The summed E-state index contributed by atoms with van der Waals surface area (Å²) in [6, 6.07) is 0. The summed E-state index contributed by atoms with van der Waals surface area (Å²) in [5.41, 5.74) is -2.00. The third-order valence-electron chi connectivity index (χ3n) is 3.51. The predicted octanol–water partition coefficient (Wildman–Crippen LogP) is -2.67. The van der Waals surface area contributed by atoms with Gasteiger partial charge in [-0.15, -0.1) is 0 Å². The smallest absolute Gasteiger partial charge is 0.455 e. The molecular weight excluding hydrogens is 379 g/mol. The molecule has 2 heterocycles. The van der Waals surface area contributed by atoms with Crippen LogP contribution in [0.2, 0.25) is 0 Å². The van der Waals surface area contributed by atoms with Crippen LogP contribution in [0.25, 0.3) is 0 Å². The zero-order valence-electron chi connectivity index (χ0n) is 13.3. The van der Waals surface area contributed by atoms with Crippen LogP contribution in [0.15, 0.2) is 15.8 Å². The number of hydrogen-bond acceptors (Lipinski definition) is 9. The molecule has 4 atom stereocenters. The summed E-state index contributed by atoms with van der Waals surface area (Å²) in [4.78, 5) is 54.3. The van der Waals surface area contributed by atoms with E-state index >= 15 is 0 Å². The quantitative estimate of drug-likeness (QED) is 0.248. The van der Waals surface area contributed by atoms with E-state index in [4.69, 9.17) is 24.4 Å². The first-order valence-corrected chi connectivity index (χ1v) is 8.72. The number of aromatic nitrogens is 2. The summed E-state index contributed by atoms with van der Waals surface area (Å²) in [5.74, 6) is -0.820. The number of carbonyl (C=O) groups is 1. The number of phosphoric acid groups is 1. The van der Waals surface area contributed by atoms with E-state index in [-0.39, 0.29) is 5.56 Å². The van der Waals surface area contributed by atoms with E-state index in [1.54, 1.807) is 0 Å². The van der Waals surface area contributed by atoms with Crippen LogP contribution < -0.4 is 11.2 Å². The number of aliphatic hydroxyl groups is 2. The third-order valence-corrected chi connectivity index (χ3v) is 3.99. The number of hydrogen-bond donors (Lipinski definition) is 5. The van der Waals surface area contributed by atoms with Gasteiger partial charge in [-0.05, 0) is 0 Å². The van der Waals surface area contributed by atoms with Gasteiger partial charge in [0.05, 0.1) is 18.8 Å². The van der Waals surface area contributed by atoms with Gasteiger partial charge in [0.2, 0.25) is 0 Å². The average Bonchev–Trinajstić information content (AvgIpc) is 2.81. The number of aliphatic hydroxyl groups excluding tert-OH is 2. The molecule has 0 saturated carbocycles. The van der Waals surface area contributed by atoms with E-state index in [1.165, 1.54) is 0 Å². The van der Waals surface area contributed by atoms with Crippen LogP contribution in [0.3, 0.4) is 0 Å². The molecule has 1 fully saturated rings. The number of carbonyl (C=O) groups excluding carboxylic acids is 1. The van der Waals surface area contributed by atoms with Gasteiger partial charge in [-0.1, -0.05) is 0 Å². The monoisotopic (exact) mass is 396 g/mol. The van der Waals surface area contributed by atoms with Crippen molar-refractivity contribution in [3.05, 3.63) is 32.6 Å². The van der Waals surface area contributed by atoms with Crippen molar-refractivity contribution in [2.24, 2.45) is 0 Å². The highest BCUT2D eigenvalue weighted by Crippen LogP contribution is 2.38. The highest BCUT2D eigenvalue weighted by molar-refractivity contribution is 7.46. The zero-order valence-corrected chi connectivity index (χ0v) is 14.2. The number of aromatic amines is 1. The molecule has 0 unspecified atom stereocenters. The van der Waals surface area contributed by atoms with Gasteiger partial charge in [0.15, 0.2) is 12.3 Å². The molecule has 5 N–H and O–H groups in total. The summed E-state index contributed by atoms with van der Waals surface area (Å²) >= 11 is 0. The Morgan fingerprint density at radius 2 is 2.08 bits per heavy atom. The van der Waals surface area contributed by atoms with Crippen LogP contribution in [0.4, 0.5) is 0 Å². The molecule has 0 bridgehead atoms. The molecule has 0 radical (unpaired) electrons. The van der Waals surface area contributed by atoms with E-state index in [2.05, 4.69) is 4.52 Å². The van der Waals surface area contributed by atoms with E-state index < -0.39 is 62.8 Å². The highest BCUT2D eigenvalue weighted by atomic mass is 31.2. The number of ether oxygens (including phenoxy) is 2. The SMILES string of the molecule is CC(=O)O[C@@H]1[C@H](O)[C@@H](COP(=O)(O)O)O[C@H]1n1cc(CO)c(=O)[nH]c1=O. The first-order valence-electron chi connectivity index (χ1n) is 7.19. The second-order valence-corrected chi connectivity index (χ2v) is 6.63. The number of H-pyrrole nitrogens is 1. The van der Waals surface area contributed by atoms with Crippen molar-refractivity contribution in [2.75, 3.05) is 6.61 Å². The van der Waals surface area contributed by atoms with Gasteiger partial charge in [-0.3, -0.25) is 23.7 Å². The van der Waals surface area contributed by atoms with E-state index in [9.17, 15) is 24.1 Å². The Morgan fingerprint density at radius 3 is 2.62 bits per heavy atom. The fourth-order valence-electron chi connectivity index (χ4n) is 2.40. The topological polar surface area (TPSA) is 198 Å². The predicted molar refractivity (Wildman–Crippen MR) is 80.7 cm³/mol. The number of nitrogens with zero attached hydrogens (tertiary/aromatic N) is 1. The molecule has 0 aromatic carbocycles. The summed E-state index contributed by atoms with van der Waals surface area (Å²) < 4.78 is 26.1. The molecule has 1 aliphatic rings. The Hall–Kier alpha value is -1.86. The maximum atomic E-state index is 12.0. The van der Waals surface area contributed by atoms with Crippen molar-refractivity contribution in [3.63, 3.8) is 0 Å². The second kappa shape index (κ2) is 7.80. The lowest BCUT2D eigenvalue weighted by Gasteiger charge is -2.21. The molecule has 13 nitrogen and oxygen atoms in total. The number of esters is 1. The molecule has 1 saturated heterocycles. The molecule has 2 rings (SSSR count). The maximum Gasteiger partial charge on any atom is 0.469 e. The van der Waals surface area contributed by atoms with Gasteiger partial charge in [-0.2, -0.15) is 0 Å². The van der Waals surface area contributed by atoms with Crippen molar-refractivity contribution in [1.29, 1.82) is 0 Å². The molecule has 0 spiro atoms. The van der Waals surface area contributed by atoms with E-state index in [0.29, 0.717) is 0 Å². The Balaban J connectivity index is 2.38. The number of phosphoric ester groups is 1. The normalized spacial score (nSPS) is 26.0. The maximum absolute atomic E-state index is 12.0. The second-order valence-electron chi connectivity index (χ2n) is 5.40. The molecule has 146 valence electrons. The first kappa shape index (κ1) is 20.5. The molecule has 0 amide bonds. The van der Waals surface area contributed by atoms with E-state index in [0.717, 1.165) is 17.7 Å². The van der Waals surface area contributed by atoms with Gasteiger partial charge >= 0.3 is 19.5 Å². The molecule has 1 aromatic rings. The Labute approximate surface area is 145 Å². The Morgan fingerprint density at radius 1 is 1.42 bits per heavy atom. The lowest BCUT2D eigenvalue weighted by atomic mass is 10.1. The van der Waals surface area contributed by atoms with Crippen molar-refractivity contribution in [2.45, 2.75) is 38.1 Å². The van der Waals surface area contributed by atoms with Crippen molar-refractivity contribution in [1.82, 2.24) is 9.55 Å². The molecule has 14 heteroatoms. The lowest BCUT2D eigenvalue weighted by molar-refractivity contribution is -0.156. The van der Waals surface area contributed by atoms with Crippen LogP contribution in [0, 0.1) is 0 Å². The van der Waals surface area contributed by atoms with Crippen LogP contribution in [-0.4, -0.2) is 60.4 Å². The Kier molecular flexibility index (Phi) is 6.13. The fourth-order valence-corrected chi connectivity index (χ4v) is 2.74. The molecule has 1 aromatic heterocycles. The first-order chi connectivity index (χ1) is 12.0. The van der Waals surface area contributed by atoms with Gasteiger partial charge in [0, 0.05) is 13.1 Å². The summed E-state index contributed by atoms with van der Waals surface area (Å²) in [6.45, 7) is -0.420.